The highest BCUT2D eigenvalue weighted by molar-refractivity contribution is 5.66. The van der Waals surface area contributed by atoms with Crippen molar-refractivity contribution in [3.05, 3.63) is 36.8 Å². The van der Waals surface area contributed by atoms with E-state index in [9.17, 15) is 4.79 Å². The molecular weight excluding hydrogens is 218 g/mol. The van der Waals surface area contributed by atoms with E-state index in [1.54, 1.807) is 6.33 Å². The molecule has 1 aromatic carbocycles. The zero-order valence-corrected chi connectivity index (χ0v) is 9.26. The van der Waals surface area contributed by atoms with E-state index in [0.717, 1.165) is 16.9 Å². The van der Waals surface area contributed by atoms with Gasteiger partial charge >= 0.3 is 5.97 Å². The first-order chi connectivity index (χ1) is 8.15. The predicted molar refractivity (Wildman–Crippen MR) is 63.1 cm³/mol. The quantitative estimate of drug-likeness (QED) is 0.543. The van der Waals surface area contributed by atoms with Gasteiger partial charge in [-0.15, -0.1) is 0 Å². The molecule has 0 atom stereocenters. The largest absolute Gasteiger partial charge is 0.481 e. The van der Waals surface area contributed by atoms with Crippen LogP contribution < -0.4 is 10.3 Å². The van der Waals surface area contributed by atoms with E-state index in [1.165, 1.54) is 0 Å². The second-order valence-electron chi connectivity index (χ2n) is 3.82. The molecule has 1 heterocycles. The lowest BCUT2D eigenvalue weighted by molar-refractivity contribution is -0.694. The van der Waals surface area contributed by atoms with Gasteiger partial charge in [-0.25, -0.2) is 9.55 Å². The molecule has 17 heavy (non-hydrogen) atoms. The third-order valence-electron chi connectivity index (χ3n) is 2.49. The van der Waals surface area contributed by atoms with Gasteiger partial charge in [0.05, 0.1) is 6.42 Å². The molecule has 2 rings (SSSR count). The average Bonchev–Trinajstić information content (AvgIpc) is 2.76. The molecule has 0 radical (unpaired) electrons. The van der Waals surface area contributed by atoms with Gasteiger partial charge in [-0.3, -0.25) is 4.79 Å². The van der Waals surface area contributed by atoms with Gasteiger partial charge in [0.15, 0.2) is 5.69 Å². The Labute approximate surface area is 98.5 Å². The van der Waals surface area contributed by atoms with Gasteiger partial charge in [-0.05, 0) is 24.3 Å². The smallest absolute Gasteiger partial charge is 0.307 e. The first-order valence-corrected chi connectivity index (χ1v) is 5.30. The molecule has 0 aliphatic carbocycles. The molecule has 4 N–H and O–H groups in total. The number of nitrogens with one attached hydrogen (secondary N) is 1. The van der Waals surface area contributed by atoms with Gasteiger partial charge in [0, 0.05) is 11.3 Å². The number of aromatic nitrogens is 2. The van der Waals surface area contributed by atoms with Crippen LogP contribution in [0, 0.1) is 0 Å². The number of anilines is 1. The number of carboxylic acid groups (broad SMARTS) is 1. The number of benzene rings is 1. The minimum absolute atomic E-state index is 0.115. The Morgan fingerprint density at radius 3 is 2.71 bits per heavy atom. The van der Waals surface area contributed by atoms with Crippen molar-refractivity contribution in [2.24, 2.45) is 0 Å². The molecule has 2 aromatic rings. The molecule has 0 fully saturated rings. The lowest BCUT2D eigenvalue weighted by atomic mass is 10.1. The second-order valence-corrected chi connectivity index (χ2v) is 3.82. The van der Waals surface area contributed by atoms with Gasteiger partial charge in [-0.2, -0.15) is 0 Å². The SMILES string of the molecule is Nc1ccc(-c2c[n+](CCC(=O)O)c[nH]2)cc1. The zero-order chi connectivity index (χ0) is 12.3. The molecule has 0 aliphatic rings. The number of nitrogen functional groups attached to an aromatic ring is 1. The summed E-state index contributed by atoms with van der Waals surface area (Å²) in [5, 5.41) is 8.59. The van der Waals surface area contributed by atoms with E-state index in [4.69, 9.17) is 10.8 Å². The number of carboxylic acids is 1. The van der Waals surface area contributed by atoms with Crippen LogP contribution in [0.15, 0.2) is 36.8 Å². The van der Waals surface area contributed by atoms with Crippen molar-refractivity contribution in [3.63, 3.8) is 0 Å². The highest BCUT2D eigenvalue weighted by Crippen LogP contribution is 2.16. The maximum atomic E-state index is 10.4. The number of imidazole rings is 1. The summed E-state index contributed by atoms with van der Waals surface area (Å²) in [6.45, 7) is 0.459. The highest BCUT2D eigenvalue weighted by Gasteiger charge is 2.08. The third kappa shape index (κ3) is 2.84. The Hall–Kier alpha value is -2.30. The monoisotopic (exact) mass is 232 g/mol. The molecule has 0 amide bonds. The first-order valence-electron chi connectivity index (χ1n) is 5.30. The molecule has 0 saturated carbocycles. The summed E-state index contributed by atoms with van der Waals surface area (Å²) in [6, 6.07) is 7.50. The fourth-order valence-electron chi connectivity index (χ4n) is 1.57. The number of hydrogen-bond donors (Lipinski definition) is 3. The molecule has 5 heteroatoms. The standard InChI is InChI=1S/C12H13N3O2/c13-10-3-1-9(2-4-10)11-7-15(8-14-11)6-5-12(16)17/h1-4,7-8H,5-6,13H2,(H,16,17)/p+1. The van der Waals surface area contributed by atoms with E-state index < -0.39 is 5.97 Å². The van der Waals surface area contributed by atoms with Crippen molar-refractivity contribution in [2.75, 3.05) is 5.73 Å². The summed E-state index contributed by atoms with van der Waals surface area (Å²) in [4.78, 5) is 13.5. The molecular formula is C12H14N3O2+. The summed E-state index contributed by atoms with van der Waals surface area (Å²) in [5.74, 6) is -0.798. The van der Waals surface area contributed by atoms with Crippen LogP contribution in [-0.4, -0.2) is 16.1 Å². The number of H-pyrrole nitrogens is 1. The van der Waals surface area contributed by atoms with Crippen molar-refractivity contribution in [2.45, 2.75) is 13.0 Å². The lowest BCUT2D eigenvalue weighted by Crippen LogP contribution is -2.31. The molecule has 0 saturated heterocycles. The highest BCUT2D eigenvalue weighted by atomic mass is 16.4. The number of rotatable bonds is 4. The van der Waals surface area contributed by atoms with Crippen LogP contribution in [0.25, 0.3) is 11.3 Å². The molecule has 5 nitrogen and oxygen atoms in total. The minimum atomic E-state index is -0.798. The number of nitrogens with two attached hydrogens (primary N) is 1. The molecule has 1 aromatic heterocycles. The van der Waals surface area contributed by atoms with Crippen molar-refractivity contribution in [1.82, 2.24) is 4.98 Å². The van der Waals surface area contributed by atoms with Gasteiger partial charge in [0.25, 0.3) is 0 Å². The summed E-state index contributed by atoms with van der Waals surface area (Å²) in [5.41, 5.74) is 8.29. The number of nitrogens with zero attached hydrogens (tertiary/aromatic N) is 1. The van der Waals surface area contributed by atoms with Crippen LogP contribution in [0.4, 0.5) is 5.69 Å². The summed E-state index contributed by atoms with van der Waals surface area (Å²) in [7, 11) is 0. The predicted octanol–water partition coefficient (Wildman–Crippen LogP) is 1.03. The van der Waals surface area contributed by atoms with E-state index in [-0.39, 0.29) is 6.42 Å². The summed E-state index contributed by atoms with van der Waals surface area (Å²) in [6.07, 6.45) is 3.76. The van der Waals surface area contributed by atoms with Crippen LogP contribution in [-0.2, 0) is 11.3 Å². The Bertz CT molecular complexity index is 517. The van der Waals surface area contributed by atoms with Crippen molar-refractivity contribution in [1.29, 1.82) is 0 Å². The summed E-state index contributed by atoms with van der Waals surface area (Å²) >= 11 is 0. The molecule has 0 bridgehead atoms. The second kappa shape index (κ2) is 4.69. The van der Waals surface area contributed by atoms with Gasteiger partial charge < -0.3 is 10.8 Å². The number of aromatic amines is 1. The van der Waals surface area contributed by atoms with Gasteiger partial charge in [0.2, 0.25) is 6.33 Å². The van der Waals surface area contributed by atoms with E-state index in [1.807, 2.05) is 35.0 Å². The minimum Gasteiger partial charge on any atom is -0.481 e. The number of aryl methyl sites for hydroxylation is 1. The van der Waals surface area contributed by atoms with Crippen LogP contribution in [0.2, 0.25) is 0 Å². The van der Waals surface area contributed by atoms with Gasteiger partial charge in [-0.1, -0.05) is 0 Å². The maximum Gasteiger partial charge on any atom is 0.307 e. The van der Waals surface area contributed by atoms with Crippen LogP contribution in [0.5, 0.6) is 0 Å². The van der Waals surface area contributed by atoms with Crippen LogP contribution in [0.3, 0.4) is 0 Å². The van der Waals surface area contributed by atoms with Crippen molar-refractivity contribution in [3.8, 4) is 11.3 Å². The Morgan fingerprint density at radius 2 is 2.06 bits per heavy atom. The Morgan fingerprint density at radius 1 is 1.35 bits per heavy atom. The van der Waals surface area contributed by atoms with Crippen molar-refractivity contribution < 1.29 is 14.5 Å². The van der Waals surface area contributed by atoms with Crippen LogP contribution >= 0.6 is 0 Å². The average molecular weight is 232 g/mol. The number of carbonyl (C=O) groups is 1. The van der Waals surface area contributed by atoms with E-state index in [2.05, 4.69) is 4.98 Å². The molecule has 88 valence electrons. The summed E-state index contributed by atoms with van der Waals surface area (Å²) < 4.78 is 1.82. The lowest BCUT2D eigenvalue weighted by Gasteiger charge is -1.94. The fourth-order valence-corrected chi connectivity index (χ4v) is 1.57. The van der Waals surface area contributed by atoms with E-state index in [0.29, 0.717) is 6.54 Å². The molecule has 0 spiro atoms. The van der Waals surface area contributed by atoms with Crippen LogP contribution in [0.1, 0.15) is 6.42 Å². The van der Waals surface area contributed by atoms with Crippen molar-refractivity contribution >= 4 is 11.7 Å². The topological polar surface area (TPSA) is 83.0 Å². The molecule has 0 unspecified atom stereocenters. The van der Waals surface area contributed by atoms with Gasteiger partial charge in [0.1, 0.15) is 12.7 Å². The zero-order valence-electron chi connectivity index (χ0n) is 9.26. The fraction of sp³-hybridized carbons (Fsp3) is 0.167. The maximum absolute atomic E-state index is 10.4. The normalized spacial score (nSPS) is 10.4. The third-order valence-corrected chi connectivity index (χ3v) is 2.49. The molecule has 0 aliphatic heterocycles. The Balaban J connectivity index is 2.12. The first kappa shape index (κ1) is 11.2. The number of aliphatic carboxylic acids is 1. The van der Waals surface area contributed by atoms with E-state index >= 15 is 0 Å². The Kier molecular flexibility index (Phi) is 3.09. The number of hydrogen-bond acceptors (Lipinski definition) is 2.